The fourth-order valence-corrected chi connectivity index (χ4v) is 4.48. The van der Waals surface area contributed by atoms with E-state index in [1.807, 2.05) is 12.3 Å². The fourth-order valence-electron chi connectivity index (χ4n) is 3.63. The van der Waals surface area contributed by atoms with Crippen LogP contribution in [0.2, 0.25) is 0 Å². The molecule has 0 atom stereocenters. The maximum Gasteiger partial charge on any atom is 0.188 e. The lowest BCUT2D eigenvalue weighted by atomic mass is 9.90. The van der Waals surface area contributed by atoms with Gasteiger partial charge < -0.3 is 15.3 Å². The summed E-state index contributed by atoms with van der Waals surface area (Å²) in [6.45, 7) is 2.99. The van der Waals surface area contributed by atoms with Crippen LogP contribution < -0.4 is 5.32 Å². The predicted octanol–water partition coefficient (Wildman–Crippen LogP) is 4.26. The van der Waals surface area contributed by atoms with Gasteiger partial charge >= 0.3 is 0 Å². The molecule has 3 aromatic rings. The average molecular weight is 399 g/mol. The molecule has 2 aromatic heterocycles. The lowest BCUT2D eigenvalue weighted by Crippen LogP contribution is -2.34. The normalized spacial score (nSPS) is 15.6. The zero-order valence-corrected chi connectivity index (χ0v) is 16.3. The molecule has 7 heteroatoms. The molecule has 0 saturated carbocycles. The highest BCUT2D eigenvalue weighted by atomic mass is 32.1. The number of hydrogen-bond donors (Lipinski definition) is 2. The van der Waals surface area contributed by atoms with Crippen molar-refractivity contribution in [2.24, 2.45) is 0 Å². The molecule has 0 amide bonds. The maximum absolute atomic E-state index is 14.0. The van der Waals surface area contributed by atoms with Crippen molar-refractivity contribution >= 4 is 22.3 Å². The first-order chi connectivity index (χ1) is 13.7. The molecule has 1 saturated heterocycles. The van der Waals surface area contributed by atoms with Crippen LogP contribution in [0.3, 0.4) is 0 Å². The second kappa shape index (κ2) is 8.77. The van der Waals surface area contributed by atoms with Gasteiger partial charge in [-0.05, 0) is 55.6 Å². The molecule has 1 aliphatic rings. The standard InChI is InChI=1S/C21H23FN4OS/c22-18-4-2-1-3-17(18)19-14-24-21(28-19)25-20-13-16(5-8-23-20)15-6-9-26(10-7-15)11-12-27/h1-5,8,13-15,27H,6-7,9-12H2,(H,23,24,25). The van der Waals surface area contributed by atoms with Crippen LogP contribution in [0.1, 0.15) is 24.3 Å². The zero-order valence-electron chi connectivity index (χ0n) is 15.5. The Morgan fingerprint density at radius 2 is 2.00 bits per heavy atom. The molecule has 146 valence electrons. The van der Waals surface area contributed by atoms with E-state index in [9.17, 15) is 4.39 Å². The number of benzene rings is 1. The van der Waals surface area contributed by atoms with Crippen LogP contribution >= 0.6 is 11.3 Å². The number of thiazole rings is 1. The minimum atomic E-state index is -0.245. The van der Waals surface area contributed by atoms with Crippen LogP contribution in [0, 0.1) is 5.82 Å². The largest absolute Gasteiger partial charge is 0.395 e. The number of aliphatic hydroxyl groups is 1. The Bertz CT molecular complexity index is 924. The minimum Gasteiger partial charge on any atom is -0.395 e. The smallest absolute Gasteiger partial charge is 0.188 e. The number of β-amino-alcohol motifs (C(OH)–C–C–N with tert-alkyl or cyclic N) is 1. The highest BCUT2D eigenvalue weighted by molar-refractivity contribution is 7.18. The third kappa shape index (κ3) is 4.38. The van der Waals surface area contributed by atoms with Crippen molar-refractivity contribution in [3.63, 3.8) is 0 Å². The molecule has 5 nitrogen and oxygen atoms in total. The van der Waals surface area contributed by atoms with E-state index in [1.54, 1.807) is 18.3 Å². The first-order valence-corrected chi connectivity index (χ1v) is 10.3. The zero-order chi connectivity index (χ0) is 19.3. The van der Waals surface area contributed by atoms with Gasteiger partial charge in [-0.2, -0.15) is 0 Å². The van der Waals surface area contributed by atoms with Crippen molar-refractivity contribution < 1.29 is 9.50 Å². The van der Waals surface area contributed by atoms with E-state index in [0.717, 1.165) is 43.2 Å². The Morgan fingerprint density at radius 3 is 2.79 bits per heavy atom. The summed E-state index contributed by atoms with van der Waals surface area (Å²) in [6.07, 6.45) is 5.67. The van der Waals surface area contributed by atoms with E-state index in [2.05, 4.69) is 32.3 Å². The summed E-state index contributed by atoms with van der Waals surface area (Å²) in [6, 6.07) is 10.9. The Balaban J connectivity index is 1.44. The van der Waals surface area contributed by atoms with Gasteiger partial charge in [-0.15, -0.1) is 0 Å². The summed E-state index contributed by atoms with van der Waals surface area (Å²) in [5.41, 5.74) is 1.83. The number of halogens is 1. The van der Waals surface area contributed by atoms with E-state index >= 15 is 0 Å². The summed E-state index contributed by atoms with van der Waals surface area (Å²) in [5, 5.41) is 13.0. The van der Waals surface area contributed by atoms with Gasteiger partial charge in [0.2, 0.25) is 0 Å². The van der Waals surface area contributed by atoms with Crippen LogP contribution in [-0.2, 0) is 0 Å². The molecule has 1 aliphatic heterocycles. The van der Waals surface area contributed by atoms with Crippen molar-refractivity contribution in [1.82, 2.24) is 14.9 Å². The Kier molecular flexibility index (Phi) is 5.95. The maximum atomic E-state index is 14.0. The summed E-state index contributed by atoms with van der Waals surface area (Å²) in [5.74, 6) is 1.01. The van der Waals surface area contributed by atoms with Gasteiger partial charge in [0, 0.05) is 24.5 Å². The van der Waals surface area contributed by atoms with Crippen molar-refractivity contribution in [3.8, 4) is 10.4 Å². The number of nitrogens with zero attached hydrogens (tertiary/aromatic N) is 3. The first-order valence-electron chi connectivity index (χ1n) is 9.50. The average Bonchev–Trinajstić information content (AvgIpc) is 3.17. The molecule has 3 heterocycles. The van der Waals surface area contributed by atoms with Gasteiger partial charge in [-0.3, -0.25) is 0 Å². The Morgan fingerprint density at radius 1 is 1.18 bits per heavy atom. The number of nitrogens with one attached hydrogen (secondary N) is 1. The third-order valence-corrected chi connectivity index (χ3v) is 6.09. The molecule has 1 aromatic carbocycles. The minimum absolute atomic E-state index is 0.219. The number of aliphatic hydroxyl groups excluding tert-OH is 1. The van der Waals surface area contributed by atoms with Crippen molar-refractivity contribution in [3.05, 3.63) is 60.2 Å². The summed E-state index contributed by atoms with van der Waals surface area (Å²) in [7, 11) is 0. The molecule has 0 unspecified atom stereocenters. The molecule has 4 rings (SSSR count). The number of hydrogen-bond acceptors (Lipinski definition) is 6. The van der Waals surface area contributed by atoms with E-state index in [0.29, 0.717) is 16.6 Å². The van der Waals surface area contributed by atoms with Gasteiger partial charge in [-0.1, -0.05) is 29.5 Å². The predicted molar refractivity (Wildman–Crippen MR) is 111 cm³/mol. The quantitative estimate of drug-likeness (QED) is 0.650. The highest BCUT2D eigenvalue weighted by Crippen LogP contribution is 2.33. The van der Waals surface area contributed by atoms with Gasteiger partial charge in [0.25, 0.3) is 0 Å². The van der Waals surface area contributed by atoms with Gasteiger partial charge in [-0.25, -0.2) is 14.4 Å². The number of aromatic nitrogens is 2. The molecule has 2 N–H and O–H groups in total. The van der Waals surface area contributed by atoms with Gasteiger partial charge in [0.1, 0.15) is 11.6 Å². The fraction of sp³-hybridized carbons (Fsp3) is 0.333. The van der Waals surface area contributed by atoms with E-state index in [4.69, 9.17) is 5.11 Å². The second-order valence-corrected chi connectivity index (χ2v) is 7.98. The van der Waals surface area contributed by atoms with E-state index in [1.165, 1.54) is 23.0 Å². The van der Waals surface area contributed by atoms with Crippen molar-refractivity contribution in [2.45, 2.75) is 18.8 Å². The molecule has 0 aliphatic carbocycles. The number of pyridine rings is 1. The lowest BCUT2D eigenvalue weighted by Gasteiger charge is -2.31. The second-order valence-electron chi connectivity index (χ2n) is 6.95. The number of rotatable bonds is 6. The topological polar surface area (TPSA) is 61.3 Å². The van der Waals surface area contributed by atoms with Crippen LogP contribution in [-0.4, -0.2) is 46.2 Å². The van der Waals surface area contributed by atoms with E-state index in [-0.39, 0.29) is 12.4 Å². The lowest BCUT2D eigenvalue weighted by molar-refractivity contribution is 0.164. The third-order valence-electron chi connectivity index (χ3n) is 5.14. The van der Waals surface area contributed by atoms with Crippen molar-refractivity contribution in [1.29, 1.82) is 0 Å². The number of anilines is 2. The Labute approximate surface area is 167 Å². The number of likely N-dealkylation sites (tertiary alicyclic amines) is 1. The highest BCUT2D eigenvalue weighted by Gasteiger charge is 2.20. The molecule has 0 spiro atoms. The van der Waals surface area contributed by atoms with Crippen LogP contribution in [0.15, 0.2) is 48.8 Å². The summed E-state index contributed by atoms with van der Waals surface area (Å²) in [4.78, 5) is 11.9. The first kappa shape index (κ1) is 19.0. The van der Waals surface area contributed by atoms with Crippen LogP contribution in [0.25, 0.3) is 10.4 Å². The summed E-state index contributed by atoms with van der Waals surface area (Å²) < 4.78 is 14.0. The van der Waals surface area contributed by atoms with Crippen molar-refractivity contribution in [2.75, 3.05) is 31.6 Å². The molecular weight excluding hydrogens is 375 g/mol. The van der Waals surface area contributed by atoms with Crippen LogP contribution in [0.4, 0.5) is 15.3 Å². The molecular formula is C21H23FN4OS. The monoisotopic (exact) mass is 398 g/mol. The molecule has 0 radical (unpaired) electrons. The molecule has 1 fully saturated rings. The van der Waals surface area contributed by atoms with Gasteiger partial charge in [0.15, 0.2) is 5.13 Å². The number of piperidine rings is 1. The SMILES string of the molecule is OCCN1CCC(c2ccnc(Nc3ncc(-c4ccccc4F)s3)c2)CC1. The Hall–Kier alpha value is -2.35. The van der Waals surface area contributed by atoms with Crippen LogP contribution in [0.5, 0.6) is 0 Å². The summed E-state index contributed by atoms with van der Waals surface area (Å²) >= 11 is 1.41. The van der Waals surface area contributed by atoms with Gasteiger partial charge in [0.05, 0.1) is 11.5 Å². The molecule has 28 heavy (non-hydrogen) atoms. The van der Waals surface area contributed by atoms with E-state index < -0.39 is 0 Å². The molecule has 0 bridgehead atoms.